The number of pyridine rings is 3. The molecule has 11 heteroatoms. The summed E-state index contributed by atoms with van der Waals surface area (Å²) in [7, 11) is 0. The lowest BCUT2D eigenvalue weighted by Gasteiger charge is -2.13. The molecule has 10 aromatic rings. The maximum Gasteiger partial charge on any atom is 0.195 e. The fraction of sp³-hybridized carbons (Fsp3) is 0.127. The van der Waals surface area contributed by atoms with Gasteiger partial charge in [0.1, 0.15) is 11.5 Å². The van der Waals surface area contributed by atoms with E-state index in [1.807, 2.05) is 73.6 Å². The van der Waals surface area contributed by atoms with Crippen LogP contribution in [0.25, 0.3) is 93.9 Å². The molecular formula is C55H41N3O5S3. The van der Waals surface area contributed by atoms with E-state index in [2.05, 4.69) is 56.1 Å². The van der Waals surface area contributed by atoms with E-state index in [0.29, 0.717) is 41.1 Å². The molecule has 0 fully saturated rings. The average Bonchev–Trinajstić information content (AvgIpc) is 4.02. The number of aromatic nitrogens is 3. The van der Waals surface area contributed by atoms with Gasteiger partial charge in [-0.25, -0.2) is 0 Å². The van der Waals surface area contributed by atoms with Crippen LogP contribution in [0.1, 0.15) is 32.8 Å². The van der Waals surface area contributed by atoms with Crippen molar-refractivity contribution >= 4 is 112 Å². The zero-order valence-electron chi connectivity index (χ0n) is 36.4. The Morgan fingerprint density at radius 2 is 0.848 bits per heavy atom. The van der Waals surface area contributed by atoms with Crippen molar-refractivity contribution in [3.8, 4) is 44.9 Å². The van der Waals surface area contributed by atoms with Gasteiger partial charge in [0.25, 0.3) is 0 Å². The normalized spacial score (nSPS) is 11.6. The Kier molecular flexibility index (Phi) is 11.2. The van der Waals surface area contributed by atoms with Crippen molar-refractivity contribution in [1.82, 2.24) is 15.0 Å². The van der Waals surface area contributed by atoms with Gasteiger partial charge in [0.05, 0.1) is 0 Å². The zero-order valence-corrected chi connectivity index (χ0v) is 38.9. The molecule has 0 unspecified atom stereocenters. The van der Waals surface area contributed by atoms with Gasteiger partial charge >= 0.3 is 0 Å². The summed E-state index contributed by atoms with van der Waals surface area (Å²) >= 11 is 5.12. The number of hydrogen-bond acceptors (Lipinski definition) is 11. The molecule has 0 spiro atoms. The molecule has 0 radical (unpaired) electrons. The van der Waals surface area contributed by atoms with E-state index in [1.54, 1.807) is 54.8 Å². The minimum atomic E-state index is -0.143. The number of carbonyl (C=O) groups is 3. The number of allylic oxidation sites excluding steroid dienone is 1. The Balaban J connectivity index is 1.14. The smallest absolute Gasteiger partial charge is 0.195 e. The van der Waals surface area contributed by atoms with Crippen LogP contribution in [0.2, 0.25) is 0 Å². The molecule has 8 nitrogen and oxygen atoms in total. The van der Waals surface area contributed by atoms with Crippen molar-refractivity contribution < 1.29 is 23.9 Å². The van der Waals surface area contributed by atoms with Gasteiger partial charge in [-0.1, -0.05) is 25.8 Å². The van der Waals surface area contributed by atoms with Crippen molar-refractivity contribution in [2.24, 2.45) is 0 Å². The number of fused-ring (bicyclic) bond motifs is 9. The fourth-order valence-corrected chi connectivity index (χ4v) is 11.7. The third-order valence-corrected chi connectivity index (χ3v) is 15.5. The third kappa shape index (κ3) is 7.99. The van der Waals surface area contributed by atoms with Gasteiger partial charge in [0.15, 0.2) is 30.6 Å². The van der Waals surface area contributed by atoms with Gasteiger partial charge in [0, 0.05) is 121 Å². The highest BCUT2D eigenvalue weighted by atomic mass is 32.1. The first kappa shape index (κ1) is 42.8. The predicted octanol–water partition coefficient (Wildman–Crippen LogP) is 14.1. The molecule has 6 heterocycles. The lowest BCUT2D eigenvalue weighted by Crippen LogP contribution is -2.11. The lowest BCUT2D eigenvalue weighted by atomic mass is 9.93. The predicted molar refractivity (Wildman–Crippen MR) is 274 cm³/mol. The van der Waals surface area contributed by atoms with Crippen LogP contribution in [0, 0.1) is 0 Å². The Morgan fingerprint density at radius 3 is 1.24 bits per heavy atom. The molecule has 0 atom stereocenters. The highest BCUT2D eigenvalue weighted by Gasteiger charge is 2.20. The molecule has 0 saturated carbocycles. The second-order valence-electron chi connectivity index (χ2n) is 16.6. The molecular weight excluding hydrogens is 879 g/mol. The molecule has 0 amide bonds. The second-order valence-corrected chi connectivity index (χ2v) is 19.8. The number of benzene rings is 4. The van der Waals surface area contributed by atoms with E-state index in [0.717, 1.165) is 99.5 Å². The molecule has 0 N–H and O–H groups in total. The number of thiophene rings is 3. The minimum absolute atomic E-state index is 0.0736. The molecule has 6 aromatic heterocycles. The standard InChI is InChI=1S/C55H41N3O5S3/c1-29(2)47(59)11-7-32-8-12-50-38(15-32)44-24-56-21-41(53(44)64-50)33-16-34(42-22-57-25-45-39-19-36(62-27-48(60)30(3)4)9-13-51(39)65-54(42)45)18-35(17-33)43-23-58-26-46-40-20-37(63-28-49(61)31(5)6)10-14-52(40)66-55(43)46/h8-10,12-26H,1,3,5,7,11,27-28H2,2,4,6H3. The van der Waals surface area contributed by atoms with Crippen LogP contribution in [0.3, 0.4) is 0 Å². The van der Waals surface area contributed by atoms with Crippen molar-refractivity contribution in [2.75, 3.05) is 13.2 Å². The number of hydrogen-bond donors (Lipinski definition) is 0. The van der Waals surface area contributed by atoms with E-state index < -0.39 is 0 Å². The van der Waals surface area contributed by atoms with Crippen molar-refractivity contribution in [3.63, 3.8) is 0 Å². The first-order chi connectivity index (χ1) is 31.9. The monoisotopic (exact) mass is 919 g/mol. The SMILES string of the molecule is C=C(C)C(=O)CCc1ccc2sc3c(-c4cc(-c5cncc6c5sc5ccc(OCC(=O)C(=C)C)cc56)cc(-c5cncc6c5sc5ccc(OCC(=O)C(=C)C)cc56)c4)cncc3c2c1. The third-order valence-electron chi connectivity index (χ3n) is 11.8. The van der Waals surface area contributed by atoms with Crippen molar-refractivity contribution in [1.29, 1.82) is 0 Å². The van der Waals surface area contributed by atoms with Gasteiger partial charge in [0.2, 0.25) is 0 Å². The molecule has 0 aliphatic carbocycles. The van der Waals surface area contributed by atoms with Gasteiger partial charge in [-0.15, -0.1) is 34.0 Å². The summed E-state index contributed by atoms with van der Waals surface area (Å²) in [6.07, 6.45) is 12.6. The molecule has 66 heavy (non-hydrogen) atoms. The van der Waals surface area contributed by atoms with Crippen LogP contribution in [0.15, 0.2) is 146 Å². The maximum absolute atomic E-state index is 12.4. The van der Waals surface area contributed by atoms with Crippen LogP contribution in [0.5, 0.6) is 11.5 Å². The van der Waals surface area contributed by atoms with Gasteiger partial charge in [-0.2, -0.15) is 0 Å². The molecule has 10 rings (SSSR count). The number of ether oxygens (including phenoxy) is 2. The Labute approximate surface area is 392 Å². The van der Waals surface area contributed by atoms with Crippen LogP contribution < -0.4 is 9.47 Å². The van der Waals surface area contributed by atoms with Crippen molar-refractivity contribution in [2.45, 2.75) is 33.6 Å². The number of rotatable bonds is 15. The molecule has 324 valence electrons. The molecule has 4 aromatic carbocycles. The number of aryl methyl sites for hydroxylation is 1. The first-order valence-electron chi connectivity index (χ1n) is 21.3. The first-order valence-corrected chi connectivity index (χ1v) is 23.7. The van der Waals surface area contributed by atoms with E-state index in [-0.39, 0.29) is 30.6 Å². The number of carbonyl (C=O) groups excluding carboxylic acids is 3. The highest BCUT2D eigenvalue weighted by Crippen LogP contribution is 2.47. The van der Waals surface area contributed by atoms with Crippen molar-refractivity contribution in [3.05, 3.63) is 152 Å². The number of nitrogens with zero attached hydrogens (tertiary/aromatic N) is 3. The quantitative estimate of drug-likeness (QED) is 0.0936. The summed E-state index contributed by atoms with van der Waals surface area (Å²) in [5.74, 6) is 0.993. The van der Waals surface area contributed by atoms with Gasteiger partial charge < -0.3 is 9.47 Å². The number of Topliss-reactive ketones (excluding diaryl/α,β-unsaturated/α-hetero) is 3. The average molecular weight is 920 g/mol. The van der Waals surface area contributed by atoms with E-state index >= 15 is 0 Å². The number of ketones is 3. The Bertz CT molecular complexity index is 3330. The Hall–Kier alpha value is -7.18. The fourth-order valence-electron chi connectivity index (χ4n) is 8.14. The summed E-state index contributed by atoms with van der Waals surface area (Å²) in [5, 5.41) is 6.13. The maximum atomic E-state index is 12.4. The minimum Gasteiger partial charge on any atom is -0.485 e. The largest absolute Gasteiger partial charge is 0.485 e. The molecule has 0 saturated heterocycles. The summed E-state index contributed by atoms with van der Waals surface area (Å²) in [6.45, 7) is 16.3. The van der Waals surface area contributed by atoms with E-state index in [9.17, 15) is 14.4 Å². The summed E-state index contributed by atoms with van der Waals surface area (Å²) in [5.41, 5.74) is 8.49. The van der Waals surface area contributed by atoms with E-state index in [4.69, 9.17) is 24.4 Å². The lowest BCUT2D eigenvalue weighted by molar-refractivity contribution is -0.118. The van der Waals surface area contributed by atoms with Crippen LogP contribution in [0.4, 0.5) is 0 Å². The Morgan fingerprint density at radius 1 is 0.470 bits per heavy atom. The van der Waals surface area contributed by atoms with Crippen LogP contribution >= 0.6 is 34.0 Å². The topological polar surface area (TPSA) is 108 Å². The van der Waals surface area contributed by atoms with Gasteiger partial charge in [-0.3, -0.25) is 29.3 Å². The molecule has 0 aliphatic rings. The summed E-state index contributed by atoms with van der Waals surface area (Å²) in [6, 6.07) is 25.0. The van der Waals surface area contributed by atoms with Crippen LogP contribution in [-0.4, -0.2) is 45.5 Å². The highest BCUT2D eigenvalue weighted by molar-refractivity contribution is 7.27. The summed E-state index contributed by atoms with van der Waals surface area (Å²) < 4.78 is 18.4. The summed E-state index contributed by atoms with van der Waals surface area (Å²) in [4.78, 5) is 51.5. The zero-order chi connectivity index (χ0) is 45.8. The van der Waals surface area contributed by atoms with Crippen LogP contribution in [-0.2, 0) is 20.8 Å². The molecule has 0 bridgehead atoms. The second kappa shape index (κ2) is 17.3. The molecule has 0 aliphatic heterocycles. The van der Waals surface area contributed by atoms with Gasteiger partial charge in [-0.05, 0) is 133 Å². The van der Waals surface area contributed by atoms with E-state index in [1.165, 1.54) is 0 Å².